The van der Waals surface area contributed by atoms with E-state index >= 15 is 0 Å². The van der Waals surface area contributed by atoms with Crippen LogP contribution in [-0.2, 0) is 4.79 Å². The van der Waals surface area contributed by atoms with Crippen molar-refractivity contribution in [2.75, 3.05) is 11.9 Å². The molecule has 2 aromatic carbocycles. The molecule has 0 aromatic heterocycles. The lowest BCUT2D eigenvalue weighted by Crippen LogP contribution is -2.20. The number of anilines is 1. The van der Waals surface area contributed by atoms with Crippen LogP contribution in [0.3, 0.4) is 0 Å². The summed E-state index contributed by atoms with van der Waals surface area (Å²) < 4.78 is 18.6. The van der Waals surface area contributed by atoms with Crippen molar-refractivity contribution >= 4 is 11.6 Å². The van der Waals surface area contributed by atoms with Gasteiger partial charge in [0, 0.05) is 5.69 Å². The summed E-state index contributed by atoms with van der Waals surface area (Å²) in [5.74, 6) is 0.0180. The number of hydrogen-bond donors (Lipinski definition) is 1. The van der Waals surface area contributed by atoms with Crippen molar-refractivity contribution in [3.8, 4) is 5.75 Å². The number of halogens is 1. The Morgan fingerprint density at radius 1 is 1.14 bits per heavy atom. The van der Waals surface area contributed by atoms with Crippen molar-refractivity contribution in [3.05, 3.63) is 58.9 Å². The second kappa shape index (κ2) is 6.39. The number of hydrogen-bond acceptors (Lipinski definition) is 2. The maximum atomic E-state index is 13.0. The first-order chi connectivity index (χ1) is 9.97. The number of carbonyl (C=O) groups excluding carboxylic acids is 1. The minimum Gasteiger partial charge on any atom is -0.483 e. The summed E-state index contributed by atoms with van der Waals surface area (Å²) >= 11 is 0. The average molecular weight is 287 g/mol. The van der Waals surface area contributed by atoms with Crippen molar-refractivity contribution < 1.29 is 13.9 Å². The molecule has 0 saturated carbocycles. The topological polar surface area (TPSA) is 38.3 Å². The lowest BCUT2D eigenvalue weighted by molar-refractivity contribution is -0.118. The van der Waals surface area contributed by atoms with Crippen molar-refractivity contribution in [1.29, 1.82) is 0 Å². The first-order valence-corrected chi connectivity index (χ1v) is 6.72. The molecule has 0 bridgehead atoms. The van der Waals surface area contributed by atoms with E-state index in [1.165, 1.54) is 12.1 Å². The number of amides is 1. The van der Waals surface area contributed by atoms with E-state index in [0.29, 0.717) is 5.69 Å². The number of carbonyl (C=O) groups is 1. The summed E-state index contributed by atoms with van der Waals surface area (Å²) in [6, 6.07) is 9.74. The lowest BCUT2D eigenvalue weighted by atomic mass is 10.1. The second-order valence-corrected chi connectivity index (χ2v) is 5.00. The predicted molar refractivity (Wildman–Crippen MR) is 81.2 cm³/mol. The minimum atomic E-state index is -0.390. The summed E-state index contributed by atoms with van der Waals surface area (Å²) in [5.41, 5.74) is 3.53. The molecule has 21 heavy (non-hydrogen) atoms. The van der Waals surface area contributed by atoms with E-state index < -0.39 is 0 Å². The van der Waals surface area contributed by atoms with Gasteiger partial charge in [0.05, 0.1) is 0 Å². The van der Waals surface area contributed by atoms with Gasteiger partial charge in [0.1, 0.15) is 11.6 Å². The van der Waals surface area contributed by atoms with Crippen LogP contribution in [0.4, 0.5) is 10.1 Å². The van der Waals surface area contributed by atoms with Crippen LogP contribution >= 0.6 is 0 Å². The van der Waals surface area contributed by atoms with Crippen molar-refractivity contribution in [3.63, 3.8) is 0 Å². The number of nitrogens with one attached hydrogen (secondary N) is 1. The Morgan fingerprint density at radius 3 is 2.57 bits per heavy atom. The highest BCUT2D eigenvalue weighted by Crippen LogP contribution is 2.25. The molecule has 0 aliphatic heterocycles. The molecule has 1 N–H and O–H groups in total. The predicted octanol–water partition coefficient (Wildman–Crippen LogP) is 3.77. The van der Waals surface area contributed by atoms with Crippen LogP contribution in [0, 0.1) is 26.6 Å². The molecule has 0 atom stereocenters. The monoisotopic (exact) mass is 287 g/mol. The zero-order valence-electron chi connectivity index (χ0n) is 12.4. The maximum Gasteiger partial charge on any atom is 0.262 e. The van der Waals surface area contributed by atoms with Gasteiger partial charge in [-0.15, -0.1) is 0 Å². The zero-order valence-corrected chi connectivity index (χ0v) is 12.4. The Balaban J connectivity index is 2.00. The summed E-state index contributed by atoms with van der Waals surface area (Å²) in [5, 5.41) is 2.60. The fraction of sp³-hybridized carbons (Fsp3) is 0.235. The minimum absolute atomic E-state index is 0.109. The standard InChI is InChI=1S/C17H18FNO2/c1-11-7-8-12(2)17(13(11)3)21-10-16(20)19-15-6-4-5-14(18)9-15/h4-9H,10H2,1-3H3,(H,19,20). The molecule has 110 valence electrons. The third-order valence-electron chi connectivity index (χ3n) is 3.33. The fourth-order valence-electron chi connectivity index (χ4n) is 2.05. The fourth-order valence-corrected chi connectivity index (χ4v) is 2.05. The Bertz CT molecular complexity index is 668. The third kappa shape index (κ3) is 3.81. The number of rotatable bonds is 4. The maximum absolute atomic E-state index is 13.0. The number of benzene rings is 2. The summed E-state index contributed by atoms with van der Waals surface area (Å²) in [7, 11) is 0. The van der Waals surface area contributed by atoms with Crippen LogP contribution in [0.2, 0.25) is 0 Å². The van der Waals surface area contributed by atoms with Crippen LogP contribution in [0.15, 0.2) is 36.4 Å². The van der Waals surface area contributed by atoms with E-state index in [-0.39, 0.29) is 18.3 Å². The third-order valence-corrected chi connectivity index (χ3v) is 3.33. The molecule has 0 fully saturated rings. The summed E-state index contributed by atoms with van der Waals surface area (Å²) in [4.78, 5) is 11.8. The molecular weight excluding hydrogens is 269 g/mol. The van der Waals surface area contributed by atoms with Crippen LogP contribution in [0.5, 0.6) is 5.75 Å². The Morgan fingerprint density at radius 2 is 1.86 bits per heavy atom. The molecule has 3 nitrogen and oxygen atoms in total. The zero-order chi connectivity index (χ0) is 15.4. The number of ether oxygens (including phenoxy) is 1. The smallest absolute Gasteiger partial charge is 0.262 e. The molecule has 4 heteroatoms. The molecule has 2 aromatic rings. The van der Waals surface area contributed by atoms with Gasteiger partial charge < -0.3 is 10.1 Å². The van der Waals surface area contributed by atoms with E-state index in [4.69, 9.17) is 4.74 Å². The van der Waals surface area contributed by atoms with Gasteiger partial charge in [-0.25, -0.2) is 4.39 Å². The quantitative estimate of drug-likeness (QED) is 0.929. The molecular formula is C17H18FNO2. The number of aryl methyl sites for hydroxylation is 2. The molecule has 0 spiro atoms. The van der Waals surface area contributed by atoms with E-state index in [1.807, 2.05) is 32.9 Å². The van der Waals surface area contributed by atoms with Gasteiger partial charge >= 0.3 is 0 Å². The van der Waals surface area contributed by atoms with Crippen molar-refractivity contribution in [2.45, 2.75) is 20.8 Å². The molecule has 2 rings (SSSR count). The van der Waals surface area contributed by atoms with E-state index in [1.54, 1.807) is 12.1 Å². The molecule has 0 aliphatic rings. The normalized spacial score (nSPS) is 10.3. The average Bonchev–Trinajstić information content (AvgIpc) is 2.43. The highest BCUT2D eigenvalue weighted by atomic mass is 19.1. The van der Waals surface area contributed by atoms with Gasteiger partial charge in [0.25, 0.3) is 5.91 Å². The lowest BCUT2D eigenvalue weighted by Gasteiger charge is -2.14. The van der Waals surface area contributed by atoms with Gasteiger partial charge in [-0.2, -0.15) is 0 Å². The van der Waals surface area contributed by atoms with Crippen LogP contribution in [-0.4, -0.2) is 12.5 Å². The molecule has 0 unspecified atom stereocenters. The van der Waals surface area contributed by atoms with Gasteiger partial charge in [0.2, 0.25) is 0 Å². The van der Waals surface area contributed by atoms with Gasteiger partial charge in [-0.3, -0.25) is 4.79 Å². The van der Waals surface area contributed by atoms with Gasteiger partial charge in [0.15, 0.2) is 6.61 Å². The molecule has 0 radical (unpaired) electrons. The first-order valence-electron chi connectivity index (χ1n) is 6.72. The summed E-state index contributed by atoms with van der Waals surface area (Å²) in [6.45, 7) is 5.78. The molecule has 0 heterocycles. The first kappa shape index (κ1) is 15.0. The largest absolute Gasteiger partial charge is 0.483 e. The highest BCUT2D eigenvalue weighted by Gasteiger charge is 2.09. The molecule has 0 aliphatic carbocycles. The van der Waals surface area contributed by atoms with Crippen LogP contribution in [0.1, 0.15) is 16.7 Å². The summed E-state index contributed by atoms with van der Waals surface area (Å²) in [6.07, 6.45) is 0. The molecule has 0 saturated heterocycles. The van der Waals surface area contributed by atoms with Crippen molar-refractivity contribution in [2.24, 2.45) is 0 Å². The van der Waals surface area contributed by atoms with Crippen LogP contribution < -0.4 is 10.1 Å². The highest BCUT2D eigenvalue weighted by molar-refractivity contribution is 5.91. The van der Waals surface area contributed by atoms with E-state index in [9.17, 15) is 9.18 Å². The second-order valence-electron chi connectivity index (χ2n) is 5.00. The van der Waals surface area contributed by atoms with Gasteiger partial charge in [-0.1, -0.05) is 18.2 Å². The van der Waals surface area contributed by atoms with Crippen LogP contribution in [0.25, 0.3) is 0 Å². The Kier molecular flexibility index (Phi) is 4.58. The Hall–Kier alpha value is -2.36. The van der Waals surface area contributed by atoms with Crippen molar-refractivity contribution in [1.82, 2.24) is 0 Å². The molecule has 1 amide bonds. The van der Waals surface area contributed by atoms with E-state index in [2.05, 4.69) is 5.32 Å². The van der Waals surface area contributed by atoms with Gasteiger partial charge in [-0.05, 0) is 55.7 Å². The van der Waals surface area contributed by atoms with E-state index in [0.717, 1.165) is 22.4 Å². The Labute approximate surface area is 123 Å². The SMILES string of the molecule is Cc1ccc(C)c(OCC(=O)Nc2cccc(F)c2)c1C.